The summed E-state index contributed by atoms with van der Waals surface area (Å²) < 4.78 is 0. The second-order valence-electron chi connectivity index (χ2n) is 2.45. The summed E-state index contributed by atoms with van der Waals surface area (Å²) in [5.41, 5.74) is 10.1. The van der Waals surface area contributed by atoms with E-state index >= 15 is 0 Å². The van der Waals surface area contributed by atoms with E-state index in [1.807, 2.05) is 0 Å². The molecule has 0 radical (unpaired) electrons. The molecule has 7 nitrogen and oxygen atoms in total. The Labute approximate surface area is 74.6 Å². The summed E-state index contributed by atoms with van der Waals surface area (Å²) in [6.45, 7) is 0. The molecular weight excluding hydrogens is 170 g/mol. The topological polar surface area (TPSA) is 99.6 Å². The molecule has 0 saturated heterocycles. The van der Waals surface area contributed by atoms with Gasteiger partial charge in [-0.1, -0.05) is 0 Å². The first kappa shape index (κ1) is 7.77. The first-order valence-corrected chi connectivity index (χ1v) is 3.63. The third kappa shape index (κ3) is 1.25. The molecule has 1 aliphatic rings. The van der Waals surface area contributed by atoms with Crippen molar-refractivity contribution >= 4 is 11.5 Å². The molecule has 2 heterocycles. The van der Waals surface area contributed by atoms with E-state index in [4.69, 9.17) is 11.6 Å². The van der Waals surface area contributed by atoms with E-state index in [0.717, 1.165) is 0 Å². The van der Waals surface area contributed by atoms with Crippen LogP contribution in [0.2, 0.25) is 0 Å². The summed E-state index contributed by atoms with van der Waals surface area (Å²) in [5, 5.41) is 1.98. The fourth-order valence-electron chi connectivity index (χ4n) is 1.04. The number of quaternary nitrogens is 1. The SMILES string of the molecule is Nc1ncncc1N1C=C[N-][NH+]1N. The highest BCUT2D eigenvalue weighted by molar-refractivity contribution is 5.61. The van der Waals surface area contributed by atoms with E-state index in [9.17, 15) is 0 Å². The zero-order valence-corrected chi connectivity index (χ0v) is 6.75. The van der Waals surface area contributed by atoms with E-state index in [2.05, 4.69) is 15.4 Å². The highest BCUT2D eigenvalue weighted by atomic mass is 15.9. The Balaban J connectivity index is 2.35. The number of nitrogens with one attached hydrogen (secondary N) is 1. The summed E-state index contributed by atoms with van der Waals surface area (Å²) in [6.07, 6.45) is 6.25. The van der Waals surface area contributed by atoms with Crippen molar-refractivity contribution in [3.8, 4) is 0 Å². The van der Waals surface area contributed by atoms with Crippen molar-refractivity contribution in [1.29, 1.82) is 0 Å². The van der Waals surface area contributed by atoms with Gasteiger partial charge in [-0.3, -0.25) is 0 Å². The zero-order valence-electron chi connectivity index (χ0n) is 6.75. The summed E-state index contributed by atoms with van der Waals surface area (Å²) in [5.74, 6) is 5.96. The largest absolute Gasteiger partial charge is 0.447 e. The second-order valence-corrected chi connectivity index (χ2v) is 2.45. The molecule has 0 amide bonds. The van der Waals surface area contributed by atoms with Gasteiger partial charge in [0.2, 0.25) is 0 Å². The van der Waals surface area contributed by atoms with Crippen molar-refractivity contribution in [1.82, 2.24) is 9.97 Å². The molecule has 1 atom stereocenters. The van der Waals surface area contributed by atoms with Crippen LogP contribution >= 0.6 is 0 Å². The van der Waals surface area contributed by atoms with Crippen molar-refractivity contribution in [2.75, 3.05) is 10.7 Å². The average Bonchev–Trinajstić information content (AvgIpc) is 2.52. The van der Waals surface area contributed by atoms with Gasteiger partial charge in [-0.25, -0.2) is 9.97 Å². The number of nitrogens with zero attached hydrogens (tertiary/aromatic N) is 4. The summed E-state index contributed by atoms with van der Waals surface area (Å²) in [6, 6.07) is 0. The quantitative estimate of drug-likeness (QED) is 0.447. The van der Waals surface area contributed by atoms with Crippen molar-refractivity contribution < 1.29 is 5.23 Å². The van der Waals surface area contributed by atoms with Gasteiger partial charge in [0.05, 0.1) is 6.20 Å². The molecule has 0 aliphatic carbocycles. The van der Waals surface area contributed by atoms with Gasteiger partial charge in [-0.2, -0.15) is 16.1 Å². The molecule has 0 bridgehead atoms. The smallest absolute Gasteiger partial charge is 0.156 e. The molecular formula is C6H9N7. The van der Waals surface area contributed by atoms with E-state index in [1.165, 1.54) is 6.33 Å². The molecule has 7 heteroatoms. The Morgan fingerprint density at radius 2 is 2.38 bits per heavy atom. The molecule has 1 aromatic rings. The van der Waals surface area contributed by atoms with Crippen LogP contribution in [0.3, 0.4) is 0 Å². The highest BCUT2D eigenvalue weighted by Gasteiger charge is 2.15. The maximum absolute atomic E-state index is 5.63. The van der Waals surface area contributed by atoms with Gasteiger partial charge in [0, 0.05) is 6.20 Å². The van der Waals surface area contributed by atoms with Crippen LogP contribution in [0.4, 0.5) is 11.5 Å². The Kier molecular flexibility index (Phi) is 1.72. The lowest BCUT2D eigenvalue weighted by molar-refractivity contribution is -0.872. The Morgan fingerprint density at radius 3 is 3.00 bits per heavy atom. The van der Waals surface area contributed by atoms with E-state index in [1.54, 1.807) is 23.6 Å². The minimum Gasteiger partial charge on any atom is -0.447 e. The van der Waals surface area contributed by atoms with Gasteiger partial charge in [0.15, 0.2) is 11.5 Å². The first-order chi connectivity index (χ1) is 6.29. The molecule has 68 valence electrons. The Morgan fingerprint density at radius 1 is 1.54 bits per heavy atom. The van der Waals surface area contributed by atoms with Crippen LogP contribution in [-0.2, 0) is 0 Å². The lowest BCUT2D eigenvalue weighted by atomic mass is 10.5. The van der Waals surface area contributed by atoms with E-state index in [-0.39, 0.29) is 0 Å². The summed E-state index contributed by atoms with van der Waals surface area (Å²) >= 11 is 0. The molecule has 0 spiro atoms. The van der Waals surface area contributed by atoms with Crippen LogP contribution in [-0.4, -0.2) is 9.97 Å². The fourth-order valence-corrected chi connectivity index (χ4v) is 1.04. The third-order valence-electron chi connectivity index (χ3n) is 1.65. The standard InChI is InChI=1S/C6H9N7/c7-6-5(3-9-4-10-6)12-2-1-11-13(12)8/h1-4,13H,8H2,(H2,7,9,10). The Hall–Kier alpha value is -1.86. The molecule has 1 aromatic heterocycles. The molecule has 2 rings (SSSR count). The van der Waals surface area contributed by atoms with E-state index in [0.29, 0.717) is 16.7 Å². The zero-order chi connectivity index (χ0) is 9.26. The average molecular weight is 179 g/mol. The maximum Gasteiger partial charge on any atom is 0.156 e. The fraction of sp³-hybridized carbons (Fsp3) is 0. The van der Waals surface area contributed by atoms with Crippen molar-refractivity contribution in [2.45, 2.75) is 0 Å². The minimum absolute atomic E-state index is 0.363. The van der Waals surface area contributed by atoms with Crippen molar-refractivity contribution in [3.05, 3.63) is 30.3 Å². The monoisotopic (exact) mass is 179 g/mol. The van der Waals surface area contributed by atoms with Crippen LogP contribution in [0.1, 0.15) is 0 Å². The van der Waals surface area contributed by atoms with Gasteiger partial charge >= 0.3 is 0 Å². The van der Waals surface area contributed by atoms with Crippen LogP contribution in [0, 0.1) is 0 Å². The molecule has 1 aliphatic heterocycles. The lowest BCUT2D eigenvalue weighted by Crippen LogP contribution is -3.18. The van der Waals surface area contributed by atoms with Crippen LogP contribution in [0.15, 0.2) is 24.9 Å². The van der Waals surface area contributed by atoms with Crippen LogP contribution in [0.25, 0.3) is 5.43 Å². The van der Waals surface area contributed by atoms with Crippen LogP contribution in [0.5, 0.6) is 0 Å². The summed E-state index contributed by atoms with van der Waals surface area (Å²) in [4.78, 5) is 7.69. The number of nitrogen functional groups attached to an aromatic ring is 1. The molecule has 13 heavy (non-hydrogen) atoms. The molecule has 0 fully saturated rings. The molecule has 0 aromatic carbocycles. The molecule has 1 unspecified atom stereocenters. The lowest BCUT2D eigenvalue weighted by Gasteiger charge is -2.26. The second kappa shape index (κ2) is 2.88. The predicted molar refractivity (Wildman–Crippen MR) is 46.6 cm³/mol. The number of aromatic nitrogens is 2. The van der Waals surface area contributed by atoms with Crippen LogP contribution < -0.4 is 21.8 Å². The maximum atomic E-state index is 5.63. The third-order valence-corrected chi connectivity index (χ3v) is 1.65. The van der Waals surface area contributed by atoms with Gasteiger partial charge in [-0.05, 0) is 0 Å². The number of rotatable bonds is 1. The van der Waals surface area contributed by atoms with Crippen molar-refractivity contribution in [2.24, 2.45) is 5.84 Å². The number of hydrogen-bond donors (Lipinski definition) is 3. The highest BCUT2D eigenvalue weighted by Crippen LogP contribution is 2.17. The van der Waals surface area contributed by atoms with Gasteiger partial charge < -0.3 is 11.2 Å². The number of hydrogen-bond acceptors (Lipinski definition) is 5. The molecule has 5 N–H and O–H groups in total. The summed E-state index contributed by atoms with van der Waals surface area (Å²) in [7, 11) is 0. The number of nitrogens with two attached hydrogens (primary N) is 2. The van der Waals surface area contributed by atoms with Gasteiger partial charge in [0.1, 0.15) is 6.33 Å². The normalized spacial score (nSPS) is 20.4. The molecule has 0 saturated carbocycles. The minimum atomic E-state index is 0.363. The Bertz CT molecular complexity index is 336. The van der Waals surface area contributed by atoms with Gasteiger partial charge in [0.25, 0.3) is 0 Å². The van der Waals surface area contributed by atoms with Gasteiger partial charge in [-0.15, -0.1) is 6.20 Å². The predicted octanol–water partition coefficient (Wildman–Crippen LogP) is -1.69. The number of anilines is 2. The van der Waals surface area contributed by atoms with E-state index < -0.39 is 0 Å². The van der Waals surface area contributed by atoms with Crippen molar-refractivity contribution in [3.63, 3.8) is 0 Å². The first-order valence-electron chi connectivity index (χ1n) is 3.63.